The van der Waals surface area contributed by atoms with E-state index in [9.17, 15) is 14.7 Å². The molecule has 6 heteroatoms. The highest BCUT2D eigenvalue weighted by atomic mass is 16.5. The molecule has 6 nitrogen and oxygen atoms in total. The predicted octanol–water partition coefficient (Wildman–Crippen LogP) is 1.65. The minimum absolute atomic E-state index is 0.0855. The molecule has 0 aliphatic carbocycles. The molecule has 2 aromatic carbocycles. The van der Waals surface area contributed by atoms with Crippen molar-refractivity contribution < 1.29 is 24.5 Å². The second-order valence-corrected chi connectivity index (χ2v) is 4.59. The third-order valence-electron chi connectivity index (χ3n) is 3.02. The smallest absolute Gasteiger partial charge is 0.337 e. The first-order chi connectivity index (χ1) is 10.5. The molecule has 0 unspecified atom stereocenters. The molecule has 0 saturated heterocycles. The number of carbonyl (C=O) groups is 2. The molecule has 0 aliphatic rings. The minimum Gasteiger partial charge on any atom is -0.872 e. The lowest BCUT2D eigenvalue weighted by Crippen LogP contribution is -2.17. The Bertz CT molecular complexity index is 694. The molecule has 0 fully saturated rings. The molecule has 0 spiro atoms. The van der Waals surface area contributed by atoms with Crippen LogP contribution in [0.5, 0.6) is 11.5 Å². The predicted molar refractivity (Wildman–Crippen MR) is 78.2 cm³/mol. The normalized spacial score (nSPS) is 10.0. The highest BCUT2D eigenvalue weighted by Crippen LogP contribution is 2.20. The zero-order chi connectivity index (χ0) is 16.1. The maximum absolute atomic E-state index is 12.0. The summed E-state index contributed by atoms with van der Waals surface area (Å²) in [5, 5.41) is 22.7. The van der Waals surface area contributed by atoms with Gasteiger partial charge in [-0.2, -0.15) is 0 Å². The molecule has 0 heterocycles. The summed E-state index contributed by atoms with van der Waals surface area (Å²) in [7, 11) is 1.55. The summed E-state index contributed by atoms with van der Waals surface area (Å²) < 4.78 is 5.03. The zero-order valence-corrected chi connectivity index (χ0v) is 11.8. The Balaban J connectivity index is 2.10. The van der Waals surface area contributed by atoms with Crippen LogP contribution < -0.4 is 15.2 Å². The quantitative estimate of drug-likeness (QED) is 0.874. The number of carboxylic acid groups (broad SMARTS) is 1. The second-order valence-electron chi connectivity index (χ2n) is 4.59. The fourth-order valence-corrected chi connectivity index (χ4v) is 1.93. The first-order valence-corrected chi connectivity index (χ1v) is 6.46. The number of nitrogens with one attached hydrogen (secondary N) is 1. The number of benzene rings is 2. The van der Waals surface area contributed by atoms with E-state index in [1.807, 2.05) is 0 Å². The number of hydrogen-bond acceptors (Lipinski definition) is 4. The van der Waals surface area contributed by atoms with Gasteiger partial charge >= 0.3 is 5.97 Å². The molecule has 1 amide bonds. The van der Waals surface area contributed by atoms with Crippen molar-refractivity contribution in [2.75, 3.05) is 12.4 Å². The molecular weight excluding hydrogens is 286 g/mol. The lowest BCUT2D eigenvalue weighted by atomic mass is 10.1. The summed E-state index contributed by atoms with van der Waals surface area (Å²) in [5.74, 6) is -1.38. The third kappa shape index (κ3) is 3.76. The maximum atomic E-state index is 12.0. The van der Waals surface area contributed by atoms with E-state index in [1.54, 1.807) is 31.4 Å². The lowest BCUT2D eigenvalue weighted by Gasteiger charge is -2.12. The summed E-state index contributed by atoms with van der Waals surface area (Å²) in [4.78, 5) is 23.1. The van der Waals surface area contributed by atoms with E-state index < -0.39 is 11.7 Å². The highest BCUT2D eigenvalue weighted by molar-refractivity contribution is 6.01. The monoisotopic (exact) mass is 300 g/mol. The van der Waals surface area contributed by atoms with Gasteiger partial charge < -0.3 is 20.3 Å². The topological polar surface area (TPSA) is 98.7 Å². The number of hydrogen-bond donors (Lipinski definition) is 2. The maximum Gasteiger partial charge on any atom is 0.337 e. The number of aromatic carboxylic acids is 1. The average molecular weight is 300 g/mol. The number of anilines is 1. The van der Waals surface area contributed by atoms with Crippen LogP contribution in [0.15, 0.2) is 42.5 Å². The van der Waals surface area contributed by atoms with Gasteiger partial charge in [0.25, 0.3) is 0 Å². The van der Waals surface area contributed by atoms with E-state index in [4.69, 9.17) is 9.84 Å². The van der Waals surface area contributed by atoms with Crippen molar-refractivity contribution in [3.8, 4) is 11.5 Å². The van der Waals surface area contributed by atoms with Gasteiger partial charge in [0.15, 0.2) is 0 Å². The van der Waals surface area contributed by atoms with Crippen LogP contribution in [0.1, 0.15) is 15.9 Å². The Labute approximate surface area is 127 Å². The summed E-state index contributed by atoms with van der Waals surface area (Å²) in [5.41, 5.74) is 0.636. The summed E-state index contributed by atoms with van der Waals surface area (Å²) in [6.07, 6.45) is 0.0855. The van der Waals surface area contributed by atoms with Crippen LogP contribution in [0, 0.1) is 0 Å². The minimum atomic E-state index is -1.27. The van der Waals surface area contributed by atoms with Gasteiger partial charge in [-0.05, 0) is 23.8 Å². The largest absolute Gasteiger partial charge is 0.872 e. The van der Waals surface area contributed by atoms with E-state index in [0.717, 1.165) is 11.6 Å². The molecule has 2 aromatic rings. The molecule has 114 valence electrons. The Morgan fingerprint density at radius 3 is 2.45 bits per heavy atom. The number of carbonyl (C=O) groups excluding carboxylic acids is 1. The molecule has 0 bridgehead atoms. The van der Waals surface area contributed by atoms with E-state index in [0.29, 0.717) is 5.75 Å². The van der Waals surface area contributed by atoms with Crippen molar-refractivity contribution in [3.05, 3.63) is 53.6 Å². The van der Waals surface area contributed by atoms with Crippen LogP contribution >= 0.6 is 0 Å². The van der Waals surface area contributed by atoms with Gasteiger partial charge in [0, 0.05) is 0 Å². The van der Waals surface area contributed by atoms with Gasteiger partial charge in [-0.25, -0.2) is 4.79 Å². The van der Waals surface area contributed by atoms with Crippen LogP contribution in [0.4, 0.5) is 5.69 Å². The van der Waals surface area contributed by atoms with Crippen molar-refractivity contribution in [3.63, 3.8) is 0 Å². The summed E-state index contributed by atoms with van der Waals surface area (Å²) >= 11 is 0. The molecule has 2 rings (SSSR count). The SMILES string of the molecule is COc1ccc(CC(=O)Nc2ccc([O-])cc2C(=O)O)cc1. The molecule has 2 N–H and O–H groups in total. The summed E-state index contributed by atoms with van der Waals surface area (Å²) in [6.45, 7) is 0. The number of rotatable bonds is 5. The Kier molecular flexibility index (Phi) is 4.63. The van der Waals surface area contributed by atoms with E-state index in [2.05, 4.69) is 5.32 Å². The molecule has 0 radical (unpaired) electrons. The van der Waals surface area contributed by atoms with Crippen LogP contribution in [-0.4, -0.2) is 24.1 Å². The van der Waals surface area contributed by atoms with E-state index in [-0.39, 0.29) is 23.6 Å². The Morgan fingerprint density at radius 1 is 1.18 bits per heavy atom. The molecule has 22 heavy (non-hydrogen) atoms. The molecule has 0 aromatic heterocycles. The molecule has 0 saturated carbocycles. The standard InChI is InChI=1S/C16H15NO5/c1-22-12-5-2-10(3-6-12)8-15(19)17-14-7-4-11(18)9-13(14)16(20)21/h2-7,9,18H,8H2,1H3,(H,17,19)(H,20,21)/p-1. The van der Waals surface area contributed by atoms with Crippen molar-refractivity contribution in [1.29, 1.82) is 0 Å². The van der Waals surface area contributed by atoms with Gasteiger partial charge in [-0.1, -0.05) is 24.3 Å². The van der Waals surface area contributed by atoms with Crippen LogP contribution in [0.2, 0.25) is 0 Å². The zero-order valence-electron chi connectivity index (χ0n) is 11.8. The van der Waals surface area contributed by atoms with Gasteiger partial charge in [-0.3, -0.25) is 4.79 Å². The fraction of sp³-hybridized carbons (Fsp3) is 0.125. The van der Waals surface area contributed by atoms with Crippen LogP contribution in [0.3, 0.4) is 0 Å². The average Bonchev–Trinajstić information content (AvgIpc) is 2.49. The first-order valence-electron chi connectivity index (χ1n) is 6.46. The van der Waals surface area contributed by atoms with E-state index in [1.165, 1.54) is 12.1 Å². The van der Waals surface area contributed by atoms with Crippen LogP contribution in [-0.2, 0) is 11.2 Å². The third-order valence-corrected chi connectivity index (χ3v) is 3.02. The van der Waals surface area contributed by atoms with Crippen molar-refractivity contribution >= 4 is 17.6 Å². The van der Waals surface area contributed by atoms with Crippen molar-refractivity contribution in [1.82, 2.24) is 0 Å². The van der Waals surface area contributed by atoms with Gasteiger partial charge in [0.05, 0.1) is 24.8 Å². The summed E-state index contributed by atoms with van der Waals surface area (Å²) in [6, 6.07) is 10.4. The number of amides is 1. The van der Waals surface area contributed by atoms with E-state index >= 15 is 0 Å². The highest BCUT2D eigenvalue weighted by Gasteiger charge is 2.12. The molecule has 0 atom stereocenters. The lowest BCUT2D eigenvalue weighted by molar-refractivity contribution is -0.268. The number of carboxylic acids is 1. The molecule has 0 aliphatic heterocycles. The number of methoxy groups -OCH3 is 1. The molecular formula is C16H14NO5-. The van der Waals surface area contributed by atoms with Crippen LogP contribution in [0.25, 0.3) is 0 Å². The van der Waals surface area contributed by atoms with Crippen molar-refractivity contribution in [2.24, 2.45) is 0 Å². The van der Waals surface area contributed by atoms with Gasteiger partial charge in [-0.15, -0.1) is 5.75 Å². The fourth-order valence-electron chi connectivity index (χ4n) is 1.93. The van der Waals surface area contributed by atoms with Gasteiger partial charge in [0.1, 0.15) is 5.75 Å². The van der Waals surface area contributed by atoms with Gasteiger partial charge in [0.2, 0.25) is 5.91 Å². The first kappa shape index (κ1) is 15.4. The second kappa shape index (κ2) is 6.62. The Morgan fingerprint density at radius 2 is 1.86 bits per heavy atom. The van der Waals surface area contributed by atoms with Crippen molar-refractivity contribution in [2.45, 2.75) is 6.42 Å². The number of ether oxygens (including phenoxy) is 1. The Hall–Kier alpha value is -3.02.